The molecule has 2 aliphatic heterocycles. The van der Waals surface area contributed by atoms with Crippen LogP contribution in [-0.4, -0.2) is 178 Å². The van der Waals surface area contributed by atoms with Gasteiger partial charge in [-0.15, -0.1) is 0 Å². The van der Waals surface area contributed by atoms with Crippen LogP contribution in [0.15, 0.2) is 132 Å². The maximum Gasteiger partial charge on any atom is 0.238 e. The number of rotatable bonds is 23. The number of hydrogen-bond acceptors (Lipinski definition) is 20. The number of para-hydroxylation sites is 4. The molecular weight excluding hydrogens is 1300 g/mol. The van der Waals surface area contributed by atoms with Gasteiger partial charge in [0.05, 0.1) is 84.3 Å². The largest absolute Gasteiger partial charge is 0.381 e. The molecule has 0 spiro atoms. The summed E-state index contributed by atoms with van der Waals surface area (Å²) in [6.45, 7) is 6.80. The Labute approximate surface area is 564 Å². The average molecular weight is 1390 g/mol. The minimum absolute atomic E-state index is 0.129. The number of aromatic nitrogens is 5. The molecule has 7 heterocycles. The van der Waals surface area contributed by atoms with E-state index in [2.05, 4.69) is 44.0 Å². The summed E-state index contributed by atoms with van der Waals surface area (Å²) in [6, 6.07) is 39.5. The van der Waals surface area contributed by atoms with Crippen LogP contribution in [0, 0.1) is 18.8 Å². The van der Waals surface area contributed by atoms with Crippen molar-refractivity contribution < 1.29 is 47.7 Å². The molecule has 96 heavy (non-hydrogen) atoms. The van der Waals surface area contributed by atoms with Gasteiger partial charge in [0.2, 0.25) is 40.1 Å². The van der Waals surface area contributed by atoms with Gasteiger partial charge in [-0.1, -0.05) is 78.0 Å². The first kappa shape index (κ1) is 72.8. The predicted molar refractivity (Wildman–Crippen MR) is 381 cm³/mol. The summed E-state index contributed by atoms with van der Waals surface area (Å²) >= 11 is 0. The Morgan fingerprint density at radius 2 is 0.719 bits per heavy atom. The van der Waals surface area contributed by atoms with E-state index >= 15 is 0 Å². The van der Waals surface area contributed by atoms with E-state index in [1.807, 2.05) is 167 Å². The van der Waals surface area contributed by atoms with Crippen LogP contribution in [-0.2, 0) is 81.5 Å². The second-order valence-electron chi connectivity index (χ2n) is 25.7. The first-order chi connectivity index (χ1) is 45.6. The normalized spacial score (nSPS) is 15.1. The van der Waals surface area contributed by atoms with Gasteiger partial charge in [0, 0.05) is 80.2 Å². The Morgan fingerprint density at radius 3 is 1.04 bits per heavy atom. The highest BCUT2D eigenvalue weighted by atomic mass is 32.2. The van der Waals surface area contributed by atoms with E-state index in [1.165, 1.54) is 0 Å². The molecule has 0 amide bonds. The fraction of sp³-hybridized carbons (Fsp3) is 0.426. The molecule has 0 atom stereocenters. The van der Waals surface area contributed by atoms with Gasteiger partial charge >= 0.3 is 0 Å². The zero-order valence-electron chi connectivity index (χ0n) is 56.0. The number of anilines is 4. The molecule has 0 bridgehead atoms. The third-order valence-electron chi connectivity index (χ3n) is 15.6. The van der Waals surface area contributed by atoms with Crippen molar-refractivity contribution in [1.82, 2.24) is 44.7 Å². The van der Waals surface area contributed by atoms with Crippen molar-refractivity contribution in [2.45, 2.75) is 82.6 Å². The minimum atomic E-state index is -3.62. The average Bonchev–Trinajstić information content (AvgIpc) is 1.27. The van der Waals surface area contributed by atoms with Crippen molar-refractivity contribution in [1.29, 1.82) is 0 Å². The molecule has 1 aliphatic carbocycles. The lowest BCUT2D eigenvalue weighted by molar-refractivity contribution is 0.0724. The van der Waals surface area contributed by atoms with Crippen LogP contribution < -0.4 is 18.9 Å². The van der Waals surface area contributed by atoms with Crippen LogP contribution in [0.4, 0.5) is 22.7 Å². The summed E-state index contributed by atoms with van der Waals surface area (Å²) in [7, 11) is 2.01. The highest BCUT2D eigenvalue weighted by Gasteiger charge is 2.30. The number of pyridine rings is 4. The lowest BCUT2D eigenvalue weighted by Crippen LogP contribution is -2.33. The number of sulfonamides is 4. The highest BCUT2D eigenvalue weighted by Crippen LogP contribution is 2.33. The van der Waals surface area contributed by atoms with E-state index in [-0.39, 0.29) is 23.2 Å². The molecule has 4 N–H and O–H groups in total. The molecule has 5 aromatic heterocycles. The molecule has 0 radical (unpaired) electrons. The molecule has 24 nitrogen and oxygen atoms in total. The summed E-state index contributed by atoms with van der Waals surface area (Å²) in [4.78, 5) is 26.7. The Balaban J connectivity index is 0.000000150. The monoisotopic (exact) mass is 1390 g/mol. The predicted octanol–water partition coefficient (Wildman–Crippen LogP) is 9.66. The highest BCUT2D eigenvalue weighted by molar-refractivity contribution is 7.93. The van der Waals surface area contributed by atoms with Gasteiger partial charge in [-0.2, -0.15) is 0 Å². The zero-order valence-corrected chi connectivity index (χ0v) is 59.3. The van der Waals surface area contributed by atoms with Crippen LogP contribution in [0.5, 0.6) is 0 Å². The van der Waals surface area contributed by atoms with Gasteiger partial charge in [0.1, 0.15) is 17.2 Å². The van der Waals surface area contributed by atoms with Crippen LogP contribution >= 0.6 is 0 Å². The van der Waals surface area contributed by atoms with Crippen molar-refractivity contribution in [2.24, 2.45) is 11.8 Å². The topological polar surface area (TPSA) is 294 Å². The SMILES string of the molecule is CN(C)Cc1ccc2cccc(NS(=O)(=O)C3CCOCC3)c2n1.CN(C)Cc1ccc2cccc(NS(=O)(=O)CC3CC3)c2n1.CN(C)Cc1ccc2cccc(NS(=O)(=O)CC3CCOCC3)c2n1.Cc1cc(CS(=O)(=O)Nc2cccc3ccc(CN(C)C)nc23)no1. The number of aryl methyl sites for hydroxylation is 1. The number of nitrogens with one attached hydrogen (secondary N) is 4. The molecule has 3 fully saturated rings. The molecule has 2 saturated heterocycles. The van der Waals surface area contributed by atoms with Crippen LogP contribution in [0.2, 0.25) is 0 Å². The number of ether oxygens (including phenoxy) is 2. The fourth-order valence-electron chi connectivity index (χ4n) is 11.1. The smallest absolute Gasteiger partial charge is 0.238 e. The van der Waals surface area contributed by atoms with E-state index in [1.54, 1.807) is 43.3 Å². The molecule has 516 valence electrons. The molecule has 1 saturated carbocycles. The Morgan fingerprint density at radius 1 is 0.396 bits per heavy atom. The van der Waals surface area contributed by atoms with E-state index in [4.69, 9.17) is 14.0 Å². The fourth-order valence-corrected chi connectivity index (χ4v) is 16.7. The third kappa shape index (κ3) is 22.0. The summed E-state index contributed by atoms with van der Waals surface area (Å²) in [5.74, 6) is 1.14. The second kappa shape index (κ2) is 32.7. The Bertz CT molecular complexity index is 4580. The first-order valence-corrected chi connectivity index (χ1v) is 38.4. The Hall–Kier alpha value is -7.51. The summed E-state index contributed by atoms with van der Waals surface area (Å²) in [5.41, 5.74) is 8.81. The molecule has 28 heteroatoms. The maximum absolute atomic E-state index is 12.7. The lowest BCUT2D eigenvalue weighted by atomic mass is 10.0. The molecule has 3 aliphatic rings. The molecular formula is C68H89N13O11S4. The standard InChI is InChI=1S/C18H25N3O3S.C17H20N4O3S.C17H23N3O3S.C16H21N3O2S/c1-21(2)12-16-7-6-15-4-3-5-17(18(15)19-16)20-25(22,23)13-14-8-10-24-11-9-14;1-12-9-15(19-24-12)11-25(22,23)20-16-6-4-5-13-7-8-14(10-21(2)3)18-17(13)16;1-20(2)12-14-7-6-13-4-3-5-16(17(13)18-14)19-24(21,22)15-8-10-23-11-9-15;1-19(2)10-14-9-8-13-4-3-5-15(16(13)17-14)18-22(20,21)11-12-6-7-12/h3-7,14,20H,8-13H2,1-2H3;4-9,20H,10-11H2,1-3H3;3-7,15,19H,8-12H2,1-2H3;3-5,8-9,12,18H,6-7,10-11H2,1-2H3. The van der Waals surface area contributed by atoms with Gasteiger partial charge in [-0.3, -0.25) is 18.9 Å². The second-order valence-corrected chi connectivity index (χ2v) is 32.9. The molecule has 4 aromatic carbocycles. The third-order valence-corrected chi connectivity index (χ3v) is 21.6. The molecule has 9 aromatic rings. The van der Waals surface area contributed by atoms with Crippen LogP contribution in [0.25, 0.3) is 43.6 Å². The number of hydrogen-bond donors (Lipinski definition) is 4. The quantitative estimate of drug-likeness (QED) is 0.0463. The first-order valence-electron chi connectivity index (χ1n) is 31.9. The molecule has 12 rings (SSSR count). The van der Waals surface area contributed by atoms with Gasteiger partial charge in [0.15, 0.2) is 0 Å². The maximum atomic E-state index is 12.7. The van der Waals surface area contributed by atoms with Gasteiger partial charge < -0.3 is 33.6 Å². The van der Waals surface area contributed by atoms with Crippen molar-refractivity contribution in [3.05, 3.63) is 162 Å². The summed E-state index contributed by atoms with van der Waals surface area (Å²) < 4.78 is 126. The van der Waals surface area contributed by atoms with Gasteiger partial charge in [-0.05, 0) is 162 Å². The van der Waals surface area contributed by atoms with Crippen molar-refractivity contribution in [3.8, 4) is 0 Å². The molecule has 0 unspecified atom stereocenters. The van der Waals surface area contributed by atoms with Crippen molar-refractivity contribution in [2.75, 3.05) is 113 Å². The van der Waals surface area contributed by atoms with E-state index in [0.717, 1.165) is 76.5 Å². The van der Waals surface area contributed by atoms with E-state index in [0.29, 0.717) is 121 Å². The van der Waals surface area contributed by atoms with Crippen molar-refractivity contribution >= 4 is 106 Å². The number of nitrogens with zero attached hydrogens (tertiary/aromatic N) is 9. The summed E-state index contributed by atoms with van der Waals surface area (Å²) in [5, 5.41) is 6.99. The van der Waals surface area contributed by atoms with Gasteiger partial charge in [-0.25, -0.2) is 53.6 Å². The van der Waals surface area contributed by atoms with E-state index in [9.17, 15) is 33.7 Å². The number of benzene rings is 4. The van der Waals surface area contributed by atoms with Crippen LogP contribution in [0.3, 0.4) is 0 Å². The van der Waals surface area contributed by atoms with Crippen molar-refractivity contribution in [3.63, 3.8) is 0 Å². The zero-order chi connectivity index (χ0) is 68.8. The van der Waals surface area contributed by atoms with Crippen LogP contribution in [0.1, 0.15) is 72.8 Å². The minimum Gasteiger partial charge on any atom is -0.381 e. The Kier molecular flexibility index (Phi) is 24.8. The van der Waals surface area contributed by atoms with E-state index < -0.39 is 45.3 Å². The van der Waals surface area contributed by atoms with Gasteiger partial charge in [0.25, 0.3) is 0 Å². The lowest BCUT2D eigenvalue weighted by Gasteiger charge is -2.23. The number of fused-ring (bicyclic) bond motifs is 4. The summed E-state index contributed by atoms with van der Waals surface area (Å²) in [6.07, 6.45) is 4.67.